The van der Waals surface area contributed by atoms with Crippen molar-refractivity contribution in [3.05, 3.63) is 17.8 Å². The first kappa shape index (κ1) is 10.2. The lowest BCUT2D eigenvalue weighted by molar-refractivity contribution is 0.0690. The molecule has 82 valence electrons. The minimum atomic E-state index is -1.05. The molecule has 1 aromatic rings. The Hall–Kier alpha value is -1.36. The molecule has 1 atom stereocenters. The monoisotopic (exact) mass is 211 g/mol. The molecule has 15 heavy (non-hydrogen) atoms. The smallest absolute Gasteiger partial charge is 0.357 e. The molecule has 1 saturated heterocycles. The van der Waals surface area contributed by atoms with Gasteiger partial charge in [-0.3, -0.25) is 0 Å². The molecule has 0 aliphatic carbocycles. The van der Waals surface area contributed by atoms with Crippen LogP contribution in [0.3, 0.4) is 0 Å². The van der Waals surface area contributed by atoms with Gasteiger partial charge < -0.3 is 14.3 Å². The standard InChI is InChI=1S/C10H13NO4/c12-10(13)8-6-15-9(11-8)4-3-7-2-1-5-14-7/h6-7H,1-5H2,(H,12,13). The van der Waals surface area contributed by atoms with E-state index in [-0.39, 0.29) is 11.8 Å². The Kier molecular flexibility index (Phi) is 3.01. The summed E-state index contributed by atoms with van der Waals surface area (Å²) in [6.07, 6.45) is 5.12. The Labute approximate surface area is 87.1 Å². The molecule has 0 spiro atoms. The SMILES string of the molecule is O=C(O)c1coc(CCC2CCCO2)n1. The van der Waals surface area contributed by atoms with Gasteiger partial charge in [0.1, 0.15) is 6.26 Å². The van der Waals surface area contributed by atoms with Crippen molar-refractivity contribution in [2.45, 2.75) is 31.8 Å². The number of carboxylic acids is 1. The van der Waals surface area contributed by atoms with Crippen LogP contribution in [0, 0.1) is 0 Å². The normalized spacial score (nSPS) is 20.7. The average molecular weight is 211 g/mol. The van der Waals surface area contributed by atoms with Gasteiger partial charge in [-0.2, -0.15) is 0 Å². The lowest BCUT2D eigenvalue weighted by Crippen LogP contribution is -2.06. The summed E-state index contributed by atoms with van der Waals surface area (Å²) in [5.41, 5.74) is -0.0302. The summed E-state index contributed by atoms with van der Waals surface area (Å²) < 4.78 is 10.5. The van der Waals surface area contributed by atoms with E-state index in [1.807, 2.05) is 0 Å². The number of oxazole rings is 1. The summed E-state index contributed by atoms with van der Waals surface area (Å²) in [5, 5.41) is 8.63. The van der Waals surface area contributed by atoms with Crippen molar-refractivity contribution < 1.29 is 19.1 Å². The van der Waals surface area contributed by atoms with E-state index in [1.165, 1.54) is 6.26 Å². The van der Waals surface area contributed by atoms with Gasteiger partial charge in [0.05, 0.1) is 6.10 Å². The maximum Gasteiger partial charge on any atom is 0.357 e. The number of aryl methyl sites for hydroxylation is 1. The Bertz CT molecular complexity index is 341. The van der Waals surface area contributed by atoms with E-state index >= 15 is 0 Å². The van der Waals surface area contributed by atoms with E-state index in [0.717, 1.165) is 25.9 Å². The molecule has 0 aromatic carbocycles. The number of rotatable bonds is 4. The van der Waals surface area contributed by atoms with Crippen LogP contribution in [0.25, 0.3) is 0 Å². The van der Waals surface area contributed by atoms with E-state index in [2.05, 4.69) is 4.98 Å². The number of carbonyl (C=O) groups is 1. The van der Waals surface area contributed by atoms with Crippen molar-refractivity contribution >= 4 is 5.97 Å². The molecule has 2 rings (SSSR count). The van der Waals surface area contributed by atoms with Crippen molar-refractivity contribution in [3.8, 4) is 0 Å². The lowest BCUT2D eigenvalue weighted by Gasteiger charge is -2.05. The lowest BCUT2D eigenvalue weighted by atomic mass is 10.1. The fourth-order valence-electron chi connectivity index (χ4n) is 1.68. The quantitative estimate of drug-likeness (QED) is 0.816. The number of aromatic nitrogens is 1. The van der Waals surface area contributed by atoms with Crippen LogP contribution in [0.4, 0.5) is 0 Å². The fraction of sp³-hybridized carbons (Fsp3) is 0.600. The maximum atomic E-state index is 10.5. The summed E-state index contributed by atoms with van der Waals surface area (Å²) >= 11 is 0. The average Bonchev–Trinajstić information content (AvgIpc) is 2.86. The number of aromatic carboxylic acids is 1. The number of hydrogen-bond donors (Lipinski definition) is 1. The van der Waals surface area contributed by atoms with Crippen LogP contribution in [-0.4, -0.2) is 28.8 Å². The largest absolute Gasteiger partial charge is 0.476 e. The second-order valence-corrected chi connectivity index (χ2v) is 3.61. The summed E-state index contributed by atoms with van der Waals surface area (Å²) in [5.74, 6) is -0.579. The molecular weight excluding hydrogens is 198 g/mol. The van der Waals surface area contributed by atoms with E-state index in [1.54, 1.807) is 0 Å². The van der Waals surface area contributed by atoms with E-state index in [4.69, 9.17) is 14.3 Å². The van der Waals surface area contributed by atoms with E-state index in [0.29, 0.717) is 12.3 Å². The van der Waals surface area contributed by atoms with E-state index < -0.39 is 5.97 Å². The Balaban J connectivity index is 1.84. The number of hydrogen-bond acceptors (Lipinski definition) is 4. The molecule has 5 nitrogen and oxygen atoms in total. The predicted molar refractivity (Wildman–Crippen MR) is 50.8 cm³/mol. The second kappa shape index (κ2) is 4.44. The first-order valence-electron chi connectivity index (χ1n) is 5.05. The van der Waals surface area contributed by atoms with Gasteiger partial charge in [-0.1, -0.05) is 0 Å². The van der Waals surface area contributed by atoms with Gasteiger partial charge in [0.2, 0.25) is 0 Å². The highest BCUT2D eigenvalue weighted by atomic mass is 16.5. The highest BCUT2D eigenvalue weighted by Crippen LogP contribution is 2.17. The summed E-state index contributed by atoms with van der Waals surface area (Å²) in [7, 11) is 0. The Morgan fingerprint density at radius 3 is 3.13 bits per heavy atom. The van der Waals surface area contributed by atoms with Gasteiger partial charge in [0.15, 0.2) is 11.6 Å². The zero-order valence-corrected chi connectivity index (χ0v) is 8.31. The van der Waals surface area contributed by atoms with Crippen LogP contribution in [0.2, 0.25) is 0 Å². The van der Waals surface area contributed by atoms with Gasteiger partial charge in [-0.15, -0.1) is 0 Å². The van der Waals surface area contributed by atoms with Gasteiger partial charge >= 0.3 is 5.97 Å². The molecule has 2 heterocycles. The molecular formula is C10H13NO4. The summed E-state index contributed by atoms with van der Waals surface area (Å²) in [4.78, 5) is 14.4. The molecule has 1 N–H and O–H groups in total. The van der Waals surface area contributed by atoms with Crippen LogP contribution in [0.15, 0.2) is 10.7 Å². The molecule has 0 radical (unpaired) electrons. The van der Waals surface area contributed by atoms with Crippen LogP contribution < -0.4 is 0 Å². The number of carboxylic acid groups (broad SMARTS) is 1. The van der Waals surface area contributed by atoms with Crippen LogP contribution in [-0.2, 0) is 11.2 Å². The van der Waals surface area contributed by atoms with Crippen LogP contribution in [0.5, 0.6) is 0 Å². The van der Waals surface area contributed by atoms with Gasteiger partial charge in [-0.25, -0.2) is 9.78 Å². The van der Waals surface area contributed by atoms with Gasteiger partial charge in [-0.05, 0) is 19.3 Å². The minimum absolute atomic E-state index is 0.0302. The first-order valence-corrected chi connectivity index (χ1v) is 5.05. The summed E-state index contributed by atoms with van der Waals surface area (Å²) in [6.45, 7) is 0.830. The van der Waals surface area contributed by atoms with Crippen molar-refractivity contribution in [3.63, 3.8) is 0 Å². The third kappa shape index (κ3) is 2.56. The third-order valence-corrected chi connectivity index (χ3v) is 2.48. The molecule has 5 heteroatoms. The Morgan fingerprint density at radius 1 is 1.67 bits per heavy atom. The number of nitrogens with zero attached hydrogens (tertiary/aromatic N) is 1. The third-order valence-electron chi connectivity index (χ3n) is 2.48. The predicted octanol–water partition coefficient (Wildman–Crippen LogP) is 1.48. The molecule has 0 amide bonds. The fourth-order valence-corrected chi connectivity index (χ4v) is 1.68. The van der Waals surface area contributed by atoms with Gasteiger partial charge in [0.25, 0.3) is 0 Å². The van der Waals surface area contributed by atoms with Gasteiger partial charge in [0, 0.05) is 13.0 Å². The topological polar surface area (TPSA) is 72.6 Å². The second-order valence-electron chi connectivity index (χ2n) is 3.61. The zero-order chi connectivity index (χ0) is 10.7. The summed E-state index contributed by atoms with van der Waals surface area (Å²) in [6, 6.07) is 0. The van der Waals surface area contributed by atoms with Crippen molar-refractivity contribution in [1.29, 1.82) is 0 Å². The molecule has 0 bridgehead atoms. The molecule has 1 aliphatic rings. The molecule has 0 saturated carbocycles. The highest BCUT2D eigenvalue weighted by Gasteiger charge is 2.17. The zero-order valence-electron chi connectivity index (χ0n) is 8.31. The number of ether oxygens (including phenoxy) is 1. The molecule has 1 aromatic heterocycles. The maximum absolute atomic E-state index is 10.5. The molecule has 1 aliphatic heterocycles. The molecule has 1 fully saturated rings. The van der Waals surface area contributed by atoms with Crippen LogP contribution >= 0.6 is 0 Å². The highest BCUT2D eigenvalue weighted by molar-refractivity contribution is 5.84. The van der Waals surface area contributed by atoms with Crippen molar-refractivity contribution in [1.82, 2.24) is 4.98 Å². The minimum Gasteiger partial charge on any atom is -0.476 e. The van der Waals surface area contributed by atoms with Crippen molar-refractivity contribution in [2.75, 3.05) is 6.61 Å². The van der Waals surface area contributed by atoms with E-state index in [9.17, 15) is 4.79 Å². The van der Waals surface area contributed by atoms with Crippen molar-refractivity contribution in [2.24, 2.45) is 0 Å². The Morgan fingerprint density at radius 2 is 2.53 bits per heavy atom. The molecule has 1 unspecified atom stereocenters. The first-order chi connectivity index (χ1) is 7.25. The van der Waals surface area contributed by atoms with Crippen LogP contribution in [0.1, 0.15) is 35.6 Å².